The number of carbonyl (C=O) groups excluding carboxylic acids is 3. The van der Waals surface area contributed by atoms with Gasteiger partial charge in [-0.15, -0.1) is 0 Å². The third-order valence-corrected chi connectivity index (χ3v) is 6.75. The Bertz CT molecular complexity index is 1160. The van der Waals surface area contributed by atoms with Gasteiger partial charge in [-0.05, 0) is 82.2 Å². The first-order valence-electron chi connectivity index (χ1n) is 11.5. The summed E-state index contributed by atoms with van der Waals surface area (Å²) in [5.41, 5.74) is 3.47. The van der Waals surface area contributed by atoms with Gasteiger partial charge in [0.25, 0.3) is 5.91 Å². The Hall–Kier alpha value is -3.18. The summed E-state index contributed by atoms with van der Waals surface area (Å²) < 4.78 is 0. The van der Waals surface area contributed by atoms with Gasteiger partial charge in [-0.2, -0.15) is 0 Å². The standard InChI is InChI=1S/C28H30ClNO4/c1-17-18(2)27(33)25(19(3)26(17)32)21(13-10-20-11-14-22(29)15-12-20)7-6-16-30-28(34)23-8-4-5-9-24(23)31/h4-5,8-9,11-12,14-15,21,31H,6-7,10,13,16H2,1-3H3,(H,30,34). The van der Waals surface area contributed by atoms with Crippen molar-refractivity contribution < 1.29 is 19.5 Å². The van der Waals surface area contributed by atoms with Crippen LogP contribution in [0.2, 0.25) is 5.02 Å². The van der Waals surface area contributed by atoms with Gasteiger partial charge < -0.3 is 10.4 Å². The molecule has 2 aromatic carbocycles. The Morgan fingerprint density at radius 2 is 1.56 bits per heavy atom. The molecule has 0 bridgehead atoms. The van der Waals surface area contributed by atoms with Gasteiger partial charge in [-0.3, -0.25) is 14.4 Å². The fraction of sp³-hybridized carbons (Fsp3) is 0.321. The van der Waals surface area contributed by atoms with Gasteiger partial charge in [0.2, 0.25) is 0 Å². The SMILES string of the molecule is CC1=C(C)C(=O)C(C(CCCNC(=O)c2ccccc2O)CCc2ccc(Cl)cc2)=C(C)C1=O. The van der Waals surface area contributed by atoms with Gasteiger partial charge in [-0.1, -0.05) is 35.9 Å². The average molecular weight is 480 g/mol. The van der Waals surface area contributed by atoms with Crippen molar-refractivity contribution in [3.05, 3.63) is 87.0 Å². The first kappa shape index (κ1) is 25.4. The summed E-state index contributed by atoms with van der Waals surface area (Å²) in [7, 11) is 0. The topological polar surface area (TPSA) is 83.5 Å². The van der Waals surface area contributed by atoms with Crippen molar-refractivity contribution >= 4 is 29.1 Å². The number of aromatic hydroxyl groups is 1. The summed E-state index contributed by atoms with van der Waals surface area (Å²) >= 11 is 6.00. The minimum atomic E-state index is -0.343. The van der Waals surface area contributed by atoms with E-state index in [2.05, 4.69) is 5.32 Å². The van der Waals surface area contributed by atoms with E-state index in [1.807, 2.05) is 24.3 Å². The normalized spacial score (nSPS) is 15.1. The van der Waals surface area contributed by atoms with E-state index in [0.29, 0.717) is 53.1 Å². The van der Waals surface area contributed by atoms with Crippen LogP contribution in [0.25, 0.3) is 0 Å². The Kier molecular flexibility index (Phi) is 8.46. The van der Waals surface area contributed by atoms with E-state index in [1.54, 1.807) is 39.0 Å². The second-order valence-corrected chi connectivity index (χ2v) is 9.16. The van der Waals surface area contributed by atoms with Crippen LogP contribution >= 0.6 is 11.6 Å². The molecule has 0 fully saturated rings. The van der Waals surface area contributed by atoms with Gasteiger partial charge in [0.1, 0.15) is 5.75 Å². The van der Waals surface area contributed by atoms with Crippen molar-refractivity contribution in [1.29, 1.82) is 0 Å². The molecule has 0 spiro atoms. The number of phenolic OH excluding ortho intramolecular Hbond substituents is 1. The van der Waals surface area contributed by atoms with E-state index in [-0.39, 0.29) is 34.7 Å². The Morgan fingerprint density at radius 3 is 2.24 bits per heavy atom. The van der Waals surface area contributed by atoms with Gasteiger partial charge in [0, 0.05) is 33.9 Å². The fourth-order valence-corrected chi connectivity index (χ4v) is 4.47. The number of nitrogens with one attached hydrogen (secondary N) is 1. The summed E-state index contributed by atoms with van der Waals surface area (Å²) in [5.74, 6) is -0.655. The molecule has 1 aliphatic rings. The maximum atomic E-state index is 13.2. The molecule has 178 valence electrons. The molecule has 0 aliphatic heterocycles. The Labute approximate surface area is 205 Å². The van der Waals surface area contributed by atoms with Gasteiger partial charge in [0.15, 0.2) is 11.6 Å². The molecule has 0 aromatic heterocycles. The number of hydrogen-bond acceptors (Lipinski definition) is 4. The van der Waals surface area contributed by atoms with Crippen LogP contribution in [0.4, 0.5) is 0 Å². The number of carbonyl (C=O) groups is 3. The van der Waals surface area contributed by atoms with Crippen LogP contribution in [-0.2, 0) is 16.0 Å². The number of allylic oxidation sites excluding steroid dienone is 4. The molecule has 2 N–H and O–H groups in total. The van der Waals surface area contributed by atoms with E-state index in [9.17, 15) is 19.5 Å². The molecule has 6 heteroatoms. The zero-order valence-corrected chi connectivity index (χ0v) is 20.5. The van der Waals surface area contributed by atoms with Gasteiger partial charge >= 0.3 is 0 Å². The average Bonchev–Trinajstić information content (AvgIpc) is 2.83. The summed E-state index contributed by atoms with van der Waals surface area (Å²) in [4.78, 5) is 38.3. The van der Waals surface area contributed by atoms with Crippen molar-refractivity contribution in [2.45, 2.75) is 46.5 Å². The fourth-order valence-electron chi connectivity index (χ4n) is 4.34. The number of para-hydroxylation sites is 1. The van der Waals surface area contributed by atoms with Gasteiger partial charge in [-0.25, -0.2) is 0 Å². The summed E-state index contributed by atoms with van der Waals surface area (Å²) in [5, 5.41) is 13.4. The number of aryl methyl sites for hydroxylation is 1. The zero-order valence-electron chi connectivity index (χ0n) is 19.8. The lowest BCUT2D eigenvalue weighted by atomic mass is 9.76. The maximum Gasteiger partial charge on any atom is 0.255 e. The molecule has 3 rings (SSSR count). The first-order chi connectivity index (χ1) is 16.2. The lowest BCUT2D eigenvalue weighted by molar-refractivity contribution is -0.116. The summed E-state index contributed by atoms with van der Waals surface area (Å²) in [6.45, 7) is 5.55. The molecule has 0 saturated heterocycles. The molecule has 1 amide bonds. The molecular formula is C28H30ClNO4. The van der Waals surface area contributed by atoms with Crippen molar-refractivity contribution in [2.24, 2.45) is 5.92 Å². The molecule has 2 aromatic rings. The zero-order chi connectivity index (χ0) is 24.8. The lowest BCUT2D eigenvalue weighted by Crippen LogP contribution is -2.28. The third-order valence-electron chi connectivity index (χ3n) is 6.50. The molecular weight excluding hydrogens is 450 g/mol. The second kappa shape index (κ2) is 11.3. The molecule has 5 nitrogen and oxygen atoms in total. The number of halogens is 1. The minimum Gasteiger partial charge on any atom is -0.507 e. The highest BCUT2D eigenvalue weighted by Crippen LogP contribution is 2.34. The van der Waals surface area contributed by atoms with E-state index >= 15 is 0 Å². The predicted octanol–water partition coefficient (Wildman–Crippen LogP) is 5.61. The molecule has 0 heterocycles. The Balaban J connectivity index is 1.72. The highest BCUT2D eigenvalue weighted by Gasteiger charge is 2.32. The maximum absolute atomic E-state index is 13.2. The number of ketones is 2. The minimum absolute atomic E-state index is 0.0612. The molecule has 1 unspecified atom stereocenters. The number of benzene rings is 2. The van der Waals surface area contributed by atoms with Gasteiger partial charge in [0.05, 0.1) is 5.56 Å². The molecule has 0 saturated carbocycles. The largest absolute Gasteiger partial charge is 0.507 e. The van der Waals surface area contributed by atoms with E-state index < -0.39 is 0 Å². The summed E-state index contributed by atoms with van der Waals surface area (Å²) in [6, 6.07) is 14.0. The highest BCUT2D eigenvalue weighted by atomic mass is 35.5. The van der Waals surface area contributed by atoms with Crippen LogP contribution in [-0.4, -0.2) is 29.1 Å². The molecule has 1 aliphatic carbocycles. The van der Waals surface area contributed by atoms with Crippen LogP contribution < -0.4 is 5.32 Å². The number of amides is 1. The predicted molar refractivity (Wildman–Crippen MR) is 134 cm³/mol. The highest BCUT2D eigenvalue weighted by molar-refractivity contribution is 6.30. The number of phenols is 1. The van der Waals surface area contributed by atoms with E-state index in [0.717, 1.165) is 12.0 Å². The number of Topliss-reactive ketones (excluding diaryl/α,β-unsaturated/α-hetero) is 2. The quantitative estimate of drug-likeness (QED) is 0.361. The molecule has 1 atom stereocenters. The Morgan fingerprint density at radius 1 is 0.912 bits per heavy atom. The van der Waals surface area contributed by atoms with Crippen LogP contribution in [0.5, 0.6) is 5.75 Å². The number of rotatable bonds is 9. The van der Waals surface area contributed by atoms with Crippen LogP contribution in [0.15, 0.2) is 70.8 Å². The number of hydrogen-bond donors (Lipinski definition) is 2. The van der Waals surface area contributed by atoms with Crippen LogP contribution in [0.3, 0.4) is 0 Å². The van der Waals surface area contributed by atoms with Crippen LogP contribution in [0, 0.1) is 5.92 Å². The van der Waals surface area contributed by atoms with Crippen molar-refractivity contribution in [3.63, 3.8) is 0 Å². The summed E-state index contributed by atoms with van der Waals surface area (Å²) in [6.07, 6.45) is 2.72. The van der Waals surface area contributed by atoms with E-state index in [4.69, 9.17) is 11.6 Å². The second-order valence-electron chi connectivity index (χ2n) is 8.72. The molecule has 34 heavy (non-hydrogen) atoms. The van der Waals surface area contributed by atoms with Crippen LogP contribution in [0.1, 0.15) is 56.0 Å². The lowest BCUT2D eigenvalue weighted by Gasteiger charge is -2.26. The third kappa shape index (κ3) is 5.84. The first-order valence-corrected chi connectivity index (χ1v) is 11.9. The van der Waals surface area contributed by atoms with Crippen molar-refractivity contribution in [2.75, 3.05) is 6.54 Å². The van der Waals surface area contributed by atoms with Crippen molar-refractivity contribution in [1.82, 2.24) is 5.32 Å². The molecule has 0 radical (unpaired) electrons. The van der Waals surface area contributed by atoms with E-state index in [1.165, 1.54) is 6.07 Å². The monoisotopic (exact) mass is 479 g/mol. The van der Waals surface area contributed by atoms with Crippen molar-refractivity contribution in [3.8, 4) is 5.75 Å². The smallest absolute Gasteiger partial charge is 0.255 e.